The number of hydrogen-bond acceptors (Lipinski definition) is 3. The first-order valence-corrected chi connectivity index (χ1v) is 7.63. The molecule has 2 aromatic rings. The highest BCUT2D eigenvalue weighted by atomic mass is 35.5. The molecule has 0 saturated heterocycles. The second-order valence-electron chi connectivity index (χ2n) is 5.41. The molecule has 0 unspecified atom stereocenters. The molecule has 0 atom stereocenters. The molecule has 2 aromatic carbocycles. The number of rotatable bonds is 5. The van der Waals surface area contributed by atoms with Crippen molar-refractivity contribution in [1.29, 1.82) is 0 Å². The zero-order valence-corrected chi connectivity index (χ0v) is 13.9. The molecule has 1 heterocycles. The monoisotopic (exact) mass is 332 g/mol. The SMILES string of the molecule is CCCOc1ccc(NC(=O)c2ccc3c(c2)CNC3)cc1.Cl. The van der Waals surface area contributed by atoms with Crippen LogP contribution in [-0.2, 0) is 13.1 Å². The van der Waals surface area contributed by atoms with Gasteiger partial charge in [-0.2, -0.15) is 0 Å². The van der Waals surface area contributed by atoms with E-state index in [4.69, 9.17) is 4.74 Å². The van der Waals surface area contributed by atoms with Crippen molar-refractivity contribution in [3.63, 3.8) is 0 Å². The van der Waals surface area contributed by atoms with E-state index in [1.54, 1.807) is 0 Å². The summed E-state index contributed by atoms with van der Waals surface area (Å²) in [5.74, 6) is 0.736. The van der Waals surface area contributed by atoms with Gasteiger partial charge in [-0.05, 0) is 53.9 Å². The maximum Gasteiger partial charge on any atom is 0.255 e. The number of carbonyl (C=O) groups is 1. The Labute approximate surface area is 142 Å². The first-order chi connectivity index (χ1) is 10.8. The lowest BCUT2D eigenvalue weighted by molar-refractivity contribution is 0.102. The highest BCUT2D eigenvalue weighted by Gasteiger charge is 2.13. The van der Waals surface area contributed by atoms with Gasteiger partial charge in [0.1, 0.15) is 5.75 Å². The van der Waals surface area contributed by atoms with Crippen LogP contribution in [0.25, 0.3) is 0 Å². The first-order valence-electron chi connectivity index (χ1n) is 7.63. The molecule has 0 spiro atoms. The van der Waals surface area contributed by atoms with E-state index in [9.17, 15) is 4.79 Å². The third kappa shape index (κ3) is 4.24. The molecule has 1 amide bonds. The van der Waals surface area contributed by atoms with E-state index in [2.05, 4.69) is 17.6 Å². The Morgan fingerprint density at radius 2 is 1.87 bits per heavy atom. The van der Waals surface area contributed by atoms with Crippen molar-refractivity contribution in [2.45, 2.75) is 26.4 Å². The lowest BCUT2D eigenvalue weighted by atomic mass is 10.1. The number of hydrogen-bond donors (Lipinski definition) is 2. The predicted molar refractivity (Wildman–Crippen MR) is 94.4 cm³/mol. The fraction of sp³-hybridized carbons (Fsp3) is 0.278. The quantitative estimate of drug-likeness (QED) is 0.876. The summed E-state index contributed by atoms with van der Waals surface area (Å²) in [4.78, 5) is 12.3. The standard InChI is InChI=1S/C18H20N2O2.ClH/c1-2-9-22-17-7-5-16(6-8-17)20-18(21)13-3-4-14-11-19-12-15(14)10-13;/h3-8,10,19H,2,9,11-12H2,1H3,(H,20,21);1H. The number of halogens is 1. The Kier molecular flexibility index (Phi) is 6.02. The van der Waals surface area contributed by atoms with Crippen molar-refractivity contribution in [2.75, 3.05) is 11.9 Å². The van der Waals surface area contributed by atoms with Crippen LogP contribution in [0.3, 0.4) is 0 Å². The van der Waals surface area contributed by atoms with E-state index in [-0.39, 0.29) is 18.3 Å². The van der Waals surface area contributed by atoms with Crippen molar-refractivity contribution in [3.8, 4) is 5.75 Å². The van der Waals surface area contributed by atoms with Gasteiger partial charge in [-0.3, -0.25) is 4.79 Å². The maximum absolute atomic E-state index is 12.3. The lowest BCUT2D eigenvalue weighted by Gasteiger charge is -2.08. The molecule has 0 saturated carbocycles. The highest BCUT2D eigenvalue weighted by Crippen LogP contribution is 2.19. The molecule has 1 aliphatic rings. The zero-order chi connectivity index (χ0) is 15.4. The van der Waals surface area contributed by atoms with Gasteiger partial charge in [-0.25, -0.2) is 0 Å². The fourth-order valence-corrected chi connectivity index (χ4v) is 2.49. The molecule has 0 bridgehead atoms. The molecule has 0 aliphatic carbocycles. The van der Waals surface area contributed by atoms with Crippen LogP contribution in [0.15, 0.2) is 42.5 Å². The van der Waals surface area contributed by atoms with Crippen LogP contribution in [0.1, 0.15) is 34.8 Å². The van der Waals surface area contributed by atoms with E-state index in [1.807, 2.05) is 42.5 Å². The van der Waals surface area contributed by atoms with Gasteiger partial charge in [0.15, 0.2) is 0 Å². The smallest absolute Gasteiger partial charge is 0.255 e. The summed E-state index contributed by atoms with van der Waals surface area (Å²) in [6, 6.07) is 13.3. The summed E-state index contributed by atoms with van der Waals surface area (Å²) in [5, 5.41) is 6.20. The van der Waals surface area contributed by atoms with Gasteiger partial charge in [0, 0.05) is 24.3 Å². The number of anilines is 1. The number of nitrogens with one attached hydrogen (secondary N) is 2. The molecule has 1 aliphatic heterocycles. The van der Waals surface area contributed by atoms with Crippen LogP contribution < -0.4 is 15.4 Å². The van der Waals surface area contributed by atoms with Crippen LogP contribution in [0, 0.1) is 0 Å². The summed E-state index contributed by atoms with van der Waals surface area (Å²) >= 11 is 0. The average molecular weight is 333 g/mol. The Hall–Kier alpha value is -2.04. The number of carbonyl (C=O) groups excluding carboxylic acids is 1. The molecule has 23 heavy (non-hydrogen) atoms. The summed E-state index contributed by atoms with van der Waals surface area (Å²) < 4.78 is 5.53. The molecule has 2 N–H and O–H groups in total. The zero-order valence-electron chi connectivity index (χ0n) is 13.1. The van der Waals surface area contributed by atoms with Gasteiger partial charge in [0.2, 0.25) is 0 Å². The lowest BCUT2D eigenvalue weighted by Crippen LogP contribution is -2.12. The van der Waals surface area contributed by atoms with E-state index in [0.717, 1.165) is 30.9 Å². The van der Waals surface area contributed by atoms with Gasteiger partial charge in [-0.1, -0.05) is 13.0 Å². The van der Waals surface area contributed by atoms with Gasteiger partial charge in [0.05, 0.1) is 6.61 Å². The number of fused-ring (bicyclic) bond motifs is 1. The number of amides is 1. The molecule has 4 nitrogen and oxygen atoms in total. The molecule has 3 rings (SSSR count). The van der Waals surface area contributed by atoms with E-state index in [0.29, 0.717) is 12.2 Å². The topological polar surface area (TPSA) is 50.4 Å². The van der Waals surface area contributed by atoms with Crippen molar-refractivity contribution in [3.05, 3.63) is 59.2 Å². The van der Waals surface area contributed by atoms with Crippen molar-refractivity contribution in [1.82, 2.24) is 5.32 Å². The summed E-state index contributed by atoms with van der Waals surface area (Å²) in [5.41, 5.74) is 3.94. The minimum absolute atomic E-state index is 0. The summed E-state index contributed by atoms with van der Waals surface area (Å²) in [6.45, 7) is 4.49. The van der Waals surface area contributed by atoms with Crippen LogP contribution in [0.2, 0.25) is 0 Å². The van der Waals surface area contributed by atoms with Gasteiger partial charge in [-0.15, -0.1) is 12.4 Å². The third-order valence-corrected chi connectivity index (χ3v) is 3.68. The van der Waals surface area contributed by atoms with E-state index >= 15 is 0 Å². The Bertz CT molecular complexity index is 671. The molecule has 0 radical (unpaired) electrons. The molecule has 0 aromatic heterocycles. The van der Waals surface area contributed by atoms with Crippen LogP contribution in [0.4, 0.5) is 5.69 Å². The molecular weight excluding hydrogens is 312 g/mol. The first kappa shape index (κ1) is 17.3. The normalized spacial score (nSPS) is 12.2. The molecule has 0 fully saturated rings. The van der Waals surface area contributed by atoms with Gasteiger partial charge >= 0.3 is 0 Å². The molecule has 5 heteroatoms. The van der Waals surface area contributed by atoms with Crippen molar-refractivity contribution < 1.29 is 9.53 Å². The summed E-state index contributed by atoms with van der Waals surface area (Å²) in [6.07, 6.45) is 0.978. The predicted octanol–water partition coefficient (Wildman–Crippen LogP) is 3.75. The second kappa shape index (κ2) is 7.99. The Morgan fingerprint density at radius 1 is 1.13 bits per heavy atom. The van der Waals surface area contributed by atoms with Crippen molar-refractivity contribution in [2.24, 2.45) is 0 Å². The third-order valence-electron chi connectivity index (χ3n) is 3.68. The van der Waals surface area contributed by atoms with Gasteiger partial charge in [0.25, 0.3) is 5.91 Å². The largest absolute Gasteiger partial charge is 0.494 e. The van der Waals surface area contributed by atoms with Crippen LogP contribution >= 0.6 is 12.4 Å². The van der Waals surface area contributed by atoms with Crippen LogP contribution in [0.5, 0.6) is 5.75 Å². The Balaban J connectivity index is 0.00000192. The summed E-state index contributed by atoms with van der Waals surface area (Å²) in [7, 11) is 0. The second-order valence-corrected chi connectivity index (χ2v) is 5.41. The number of benzene rings is 2. The van der Waals surface area contributed by atoms with E-state index < -0.39 is 0 Å². The molecule has 122 valence electrons. The maximum atomic E-state index is 12.3. The average Bonchev–Trinajstić information content (AvgIpc) is 3.01. The minimum atomic E-state index is -0.0862. The van der Waals surface area contributed by atoms with E-state index in [1.165, 1.54) is 11.1 Å². The highest BCUT2D eigenvalue weighted by molar-refractivity contribution is 6.04. The fourth-order valence-electron chi connectivity index (χ4n) is 2.49. The van der Waals surface area contributed by atoms with Crippen LogP contribution in [-0.4, -0.2) is 12.5 Å². The van der Waals surface area contributed by atoms with Crippen molar-refractivity contribution >= 4 is 24.0 Å². The van der Waals surface area contributed by atoms with Gasteiger partial charge < -0.3 is 15.4 Å². The number of ether oxygens (including phenoxy) is 1. The Morgan fingerprint density at radius 3 is 2.61 bits per heavy atom. The molecular formula is C18H21ClN2O2. The minimum Gasteiger partial charge on any atom is -0.494 e.